The van der Waals surface area contributed by atoms with Crippen LogP contribution in [-0.2, 0) is 11.2 Å². The van der Waals surface area contributed by atoms with E-state index in [9.17, 15) is 0 Å². The average molecular weight is 445 g/mol. The zero-order chi connectivity index (χ0) is 16.3. The van der Waals surface area contributed by atoms with Gasteiger partial charge in [0, 0.05) is 39.3 Å². The number of fused-ring (bicyclic) bond motifs is 1. The van der Waals surface area contributed by atoms with Crippen LogP contribution in [0.1, 0.15) is 26.1 Å². The van der Waals surface area contributed by atoms with E-state index >= 15 is 0 Å². The maximum Gasteiger partial charge on any atom is 0.191 e. The Balaban J connectivity index is 0.00000288. The molecule has 0 bridgehead atoms. The maximum atomic E-state index is 5.32. The summed E-state index contributed by atoms with van der Waals surface area (Å²) in [5.41, 5.74) is 2.10. The number of hydrogen-bond acceptors (Lipinski definition) is 3. The highest BCUT2D eigenvalue weighted by molar-refractivity contribution is 14.0. The van der Waals surface area contributed by atoms with E-state index in [4.69, 9.17) is 4.74 Å². The SMILES string of the molecule is CCNC(=NCCCOCC)NCCc1nc2ccccc2[nH]1.I. The predicted octanol–water partition coefficient (Wildman–Crippen LogP) is 2.71. The van der Waals surface area contributed by atoms with Crippen molar-refractivity contribution in [2.24, 2.45) is 4.99 Å². The molecule has 0 amide bonds. The van der Waals surface area contributed by atoms with Gasteiger partial charge in [-0.25, -0.2) is 4.98 Å². The molecule has 0 fully saturated rings. The lowest BCUT2D eigenvalue weighted by Crippen LogP contribution is -2.38. The van der Waals surface area contributed by atoms with Crippen molar-refractivity contribution >= 4 is 41.0 Å². The lowest BCUT2D eigenvalue weighted by molar-refractivity contribution is 0.146. The third-order valence-electron chi connectivity index (χ3n) is 3.36. The van der Waals surface area contributed by atoms with Gasteiger partial charge in [0.15, 0.2) is 5.96 Å². The molecule has 2 rings (SSSR count). The number of imidazole rings is 1. The summed E-state index contributed by atoms with van der Waals surface area (Å²) in [6.45, 7) is 8.00. The number of nitrogens with one attached hydrogen (secondary N) is 3. The lowest BCUT2D eigenvalue weighted by Gasteiger charge is -2.10. The molecular weight excluding hydrogens is 417 g/mol. The molecule has 7 heteroatoms. The number of aliphatic imine (C=N–C) groups is 1. The number of hydrogen-bond donors (Lipinski definition) is 3. The number of rotatable bonds is 9. The first-order chi connectivity index (χ1) is 11.3. The summed E-state index contributed by atoms with van der Waals surface area (Å²) in [7, 11) is 0. The van der Waals surface area contributed by atoms with Crippen LogP contribution >= 0.6 is 24.0 Å². The Morgan fingerprint density at radius 2 is 2.08 bits per heavy atom. The molecule has 0 aliphatic carbocycles. The van der Waals surface area contributed by atoms with Crippen molar-refractivity contribution in [1.29, 1.82) is 0 Å². The Morgan fingerprint density at radius 3 is 2.83 bits per heavy atom. The first-order valence-corrected chi connectivity index (χ1v) is 8.37. The van der Waals surface area contributed by atoms with E-state index in [1.54, 1.807) is 0 Å². The topological polar surface area (TPSA) is 74.3 Å². The highest BCUT2D eigenvalue weighted by atomic mass is 127. The molecule has 0 spiro atoms. The van der Waals surface area contributed by atoms with Crippen molar-refractivity contribution in [1.82, 2.24) is 20.6 Å². The minimum absolute atomic E-state index is 0. The first-order valence-electron chi connectivity index (χ1n) is 8.37. The van der Waals surface area contributed by atoms with Crippen molar-refractivity contribution in [3.05, 3.63) is 30.1 Å². The third-order valence-corrected chi connectivity index (χ3v) is 3.36. The fourth-order valence-corrected chi connectivity index (χ4v) is 2.27. The van der Waals surface area contributed by atoms with Crippen molar-refractivity contribution in [3.8, 4) is 0 Å². The van der Waals surface area contributed by atoms with Crippen LogP contribution in [0.25, 0.3) is 11.0 Å². The molecule has 1 heterocycles. The van der Waals surface area contributed by atoms with Crippen LogP contribution in [0.3, 0.4) is 0 Å². The molecule has 0 radical (unpaired) electrons. The molecular formula is C17H28IN5O. The van der Waals surface area contributed by atoms with E-state index in [2.05, 4.69) is 32.5 Å². The van der Waals surface area contributed by atoms with E-state index in [-0.39, 0.29) is 24.0 Å². The highest BCUT2D eigenvalue weighted by Gasteiger charge is 2.02. The van der Waals surface area contributed by atoms with Gasteiger partial charge in [0.05, 0.1) is 11.0 Å². The van der Waals surface area contributed by atoms with Gasteiger partial charge in [0.2, 0.25) is 0 Å². The Labute approximate surface area is 160 Å². The molecule has 0 saturated heterocycles. The molecule has 0 saturated carbocycles. The average Bonchev–Trinajstić information content (AvgIpc) is 2.97. The predicted molar refractivity (Wildman–Crippen MR) is 110 cm³/mol. The number of benzene rings is 1. The Morgan fingerprint density at radius 1 is 1.25 bits per heavy atom. The summed E-state index contributed by atoms with van der Waals surface area (Å²) < 4.78 is 5.32. The van der Waals surface area contributed by atoms with E-state index in [1.807, 2.05) is 31.2 Å². The fraction of sp³-hybridized carbons (Fsp3) is 0.529. The Kier molecular flexibility index (Phi) is 10.4. The van der Waals surface area contributed by atoms with E-state index in [1.165, 1.54) is 0 Å². The summed E-state index contributed by atoms with van der Waals surface area (Å²) in [4.78, 5) is 12.5. The number of aromatic nitrogens is 2. The number of H-pyrrole nitrogens is 1. The van der Waals surface area contributed by atoms with Crippen LogP contribution in [0.15, 0.2) is 29.3 Å². The largest absolute Gasteiger partial charge is 0.382 e. The van der Waals surface area contributed by atoms with Gasteiger partial charge in [-0.15, -0.1) is 24.0 Å². The van der Waals surface area contributed by atoms with Gasteiger partial charge >= 0.3 is 0 Å². The second kappa shape index (κ2) is 12.1. The minimum Gasteiger partial charge on any atom is -0.382 e. The van der Waals surface area contributed by atoms with Crippen LogP contribution in [0.2, 0.25) is 0 Å². The summed E-state index contributed by atoms with van der Waals surface area (Å²) >= 11 is 0. The Bertz CT molecular complexity index is 581. The maximum absolute atomic E-state index is 5.32. The van der Waals surface area contributed by atoms with Gasteiger partial charge in [-0.3, -0.25) is 4.99 Å². The highest BCUT2D eigenvalue weighted by Crippen LogP contribution is 2.10. The van der Waals surface area contributed by atoms with Gasteiger partial charge < -0.3 is 20.4 Å². The van der Waals surface area contributed by atoms with Gasteiger partial charge in [0.1, 0.15) is 5.82 Å². The van der Waals surface area contributed by atoms with Gasteiger partial charge in [-0.2, -0.15) is 0 Å². The lowest BCUT2D eigenvalue weighted by atomic mass is 10.3. The number of halogens is 1. The standard InChI is InChI=1S/C17H27N5O.HI/c1-3-18-17(19-11-7-13-23-4-2)20-12-10-16-21-14-8-5-6-9-15(14)22-16;/h5-6,8-9H,3-4,7,10-13H2,1-2H3,(H,21,22)(H2,18,19,20);1H. The molecule has 0 atom stereocenters. The third kappa shape index (κ3) is 7.04. The number of para-hydroxylation sites is 2. The number of ether oxygens (including phenoxy) is 1. The van der Waals surface area contributed by atoms with E-state index in [0.717, 1.165) is 68.5 Å². The van der Waals surface area contributed by atoms with Crippen LogP contribution in [0, 0.1) is 0 Å². The molecule has 134 valence electrons. The van der Waals surface area contributed by atoms with Crippen LogP contribution in [0.4, 0.5) is 0 Å². The Hall–Kier alpha value is -1.35. The summed E-state index contributed by atoms with van der Waals surface area (Å²) in [6.07, 6.45) is 1.77. The molecule has 24 heavy (non-hydrogen) atoms. The zero-order valence-corrected chi connectivity index (χ0v) is 16.8. The number of aromatic amines is 1. The zero-order valence-electron chi connectivity index (χ0n) is 14.5. The quantitative estimate of drug-likeness (QED) is 0.240. The van der Waals surface area contributed by atoms with Gasteiger partial charge in [0.25, 0.3) is 0 Å². The van der Waals surface area contributed by atoms with Crippen molar-refractivity contribution in [3.63, 3.8) is 0 Å². The summed E-state index contributed by atoms with van der Waals surface area (Å²) in [5.74, 6) is 1.84. The van der Waals surface area contributed by atoms with Crippen molar-refractivity contribution < 1.29 is 4.74 Å². The molecule has 1 aromatic heterocycles. The van der Waals surface area contributed by atoms with Gasteiger partial charge in [-0.1, -0.05) is 12.1 Å². The second-order valence-electron chi connectivity index (χ2n) is 5.19. The van der Waals surface area contributed by atoms with Crippen LogP contribution in [-0.4, -0.2) is 48.8 Å². The minimum atomic E-state index is 0. The number of guanidine groups is 1. The normalized spacial score (nSPS) is 11.3. The molecule has 0 unspecified atom stereocenters. The monoisotopic (exact) mass is 445 g/mol. The van der Waals surface area contributed by atoms with Crippen molar-refractivity contribution in [2.45, 2.75) is 26.7 Å². The van der Waals surface area contributed by atoms with Crippen LogP contribution in [0.5, 0.6) is 0 Å². The molecule has 2 aromatic rings. The molecule has 1 aromatic carbocycles. The smallest absolute Gasteiger partial charge is 0.191 e. The summed E-state index contributed by atoms with van der Waals surface area (Å²) in [5, 5.41) is 6.60. The van der Waals surface area contributed by atoms with E-state index in [0.29, 0.717) is 0 Å². The van der Waals surface area contributed by atoms with Crippen LogP contribution < -0.4 is 10.6 Å². The molecule has 0 aliphatic heterocycles. The first kappa shape index (κ1) is 20.7. The second-order valence-corrected chi connectivity index (χ2v) is 5.19. The molecule has 3 N–H and O–H groups in total. The summed E-state index contributed by atoms with van der Waals surface area (Å²) in [6, 6.07) is 8.08. The van der Waals surface area contributed by atoms with E-state index < -0.39 is 0 Å². The van der Waals surface area contributed by atoms with Gasteiger partial charge in [-0.05, 0) is 32.4 Å². The molecule has 0 aliphatic rings. The number of nitrogens with zero attached hydrogens (tertiary/aromatic N) is 2. The van der Waals surface area contributed by atoms with Crippen molar-refractivity contribution in [2.75, 3.05) is 32.8 Å². The molecule has 6 nitrogen and oxygen atoms in total. The fourth-order valence-electron chi connectivity index (χ4n) is 2.27.